The van der Waals surface area contributed by atoms with E-state index in [2.05, 4.69) is 0 Å². The largest absolute Gasteiger partial charge is 0.369 e. The number of sulfone groups is 2. The standard InChI is InChI=1S/C18H26N2O5S2/c1-2-13-3-5-15(6-4-13)27(24,25)17-12-26(22,23)11-16(17)20-9-7-14(8-10-20)18(19)21/h3-6,14,16-17H,2,7-12H2,1H3,(H2,19,21). The van der Waals surface area contributed by atoms with Gasteiger partial charge in [-0.15, -0.1) is 0 Å². The molecule has 1 aromatic rings. The highest BCUT2D eigenvalue weighted by atomic mass is 32.2. The number of benzene rings is 1. The molecule has 0 aromatic heterocycles. The Labute approximate surface area is 160 Å². The van der Waals surface area contributed by atoms with Gasteiger partial charge in [-0.2, -0.15) is 0 Å². The number of hydrogen-bond donors (Lipinski definition) is 1. The van der Waals surface area contributed by atoms with Crippen molar-refractivity contribution in [2.75, 3.05) is 24.6 Å². The van der Waals surface area contributed by atoms with Crippen LogP contribution in [0.2, 0.25) is 0 Å². The number of piperidine rings is 1. The van der Waals surface area contributed by atoms with Crippen LogP contribution in [0.4, 0.5) is 0 Å². The van der Waals surface area contributed by atoms with Gasteiger partial charge in [0.2, 0.25) is 5.91 Å². The summed E-state index contributed by atoms with van der Waals surface area (Å²) in [5, 5.41) is -0.986. The number of primary amides is 1. The maximum absolute atomic E-state index is 13.2. The molecule has 27 heavy (non-hydrogen) atoms. The van der Waals surface area contributed by atoms with Gasteiger partial charge >= 0.3 is 0 Å². The topological polar surface area (TPSA) is 115 Å². The van der Waals surface area contributed by atoms with Gasteiger partial charge in [-0.3, -0.25) is 9.69 Å². The van der Waals surface area contributed by atoms with Crippen molar-refractivity contribution in [2.24, 2.45) is 11.7 Å². The zero-order chi connectivity index (χ0) is 19.8. The number of likely N-dealkylation sites (tertiary alicyclic amines) is 1. The van der Waals surface area contributed by atoms with Crippen molar-refractivity contribution >= 4 is 25.6 Å². The lowest BCUT2D eigenvalue weighted by atomic mass is 9.95. The fraction of sp³-hybridized carbons (Fsp3) is 0.611. The molecule has 2 aliphatic heterocycles. The highest BCUT2D eigenvalue weighted by Gasteiger charge is 2.48. The summed E-state index contributed by atoms with van der Waals surface area (Å²) in [6.45, 7) is 2.95. The summed E-state index contributed by atoms with van der Waals surface area (Å²) in [5.41, 5.74) is 6.38. The molecule has 0 saturated carbocycles. The van der Waals surface area contributed by atoms with E-state index in [1.807, 2.05) is 11.8 Å². The Morgan fingerprint density at radius 3 is 2.26 bits per heavy atom. The summed E-state index contributed by atoms with van der Waals surface area (Å²) in [5.74, 6) is -1.10. The van der Waals surface area contributed by atoms with E-state index in [0.717, 1.165) is 12.0 Å². The van der Waals surface area contributed by atoms with Gasteiger partial charge in [0.05, 0.1) is 21.7 Å². The lowest BCUT2D eigenvalue weighted by Crippen LogP contribution is -2.50. The zero-order valence-electron chi connectivity index (χ0n) is 15.4. The van der Waals surface area contributed by atoms with Crippen LogP contribution < -0.4 is 5.73 Å². The van der Waals surface area contributed by atoms with E-state index in [1.54, 1.807) is 24.3 Å². The summed E-state index contributed by atoms with van der Waals surface area (Å²) in [7, 11) is -7.22. The quantitative estimate of drug-likeness (QED) is 0.745. The van der Waals surface area contributed by atoms with Gasteiger partial charge in [0.1, 0.15) is 0 Å². The third-order valence-electron chi connectivity index (χ3n) is 5.73. The van der Waals surface area contributed by atoms with Gasteiger partial charge < -0.3 is 5.73 Å². The molecule has 150 valence electrons. The van der Waals surface area contributed by atoms with E-state index in [9.17, 15) is 21.6 Å². The highest BCUT2D eigenvalue weighted by molar-refractivity contribution is 7.96. The number of rotatable bonds is 5. The number of hydrogen-bond acceptors (Lipinski definition) is 6. The van der Waals surface area contributed by atoms with Crippen molar-refractivity contribution in [3.05, 3.63) is 29.8 Å². The van der Waals surface area contributed by atoms with E-state index in [-0.39, 0.29) is 28.2 Å². The molecule has 1 aromatic carbocycles. The van der Waals surface area contributed by atoms with Crippen molar-refractivity contribution in [3.8, 4) is 0 Å². The number of nitrogens with two attached hydrogens (primary N) is 1. The van der Waals surface area contributed by atoms with Crippen molar-refractivity contribution in [1.29, 1.82) is 0 Å². The Balaban J connectivity index is 1.86. The van der Waals surface area contributed by atoms with Crippen LogP contribution in [0.15, 0.2) is 29.2 Å². The molecular formula is C18H26N2O5S2. The van der Waals surface area contributed by atoms with E-state index < -0.39 is 31.0 Å². The average Bonchev–Trinajstić information content (AvgIpc) is 2.98. The van der Waals surface area contributed by atoms with E-state index >= 15 is 0 Å². The number of nitrogens with zero attached hydrogens (tertiary/aromatic N) is 1. The molecule has 2 unspecified atom stereocenters. The highest BCUT2D eigenvalue weighted by Crippen LogP contribution is 2.31. The maximum atomic E-state index is 13.2. The second-order valence-corrected chi connectivity index (χ2v) is 11.8. The fourth-order valence-electron chi connectivity index (χ4n) is 4.04. The molecule has 2 heterocycles. The molecule has 1 amide bonds. The Hall–Kier alpha value is -1.45. The normalized spacial score (nSPS) is 26.9. The predicted octanol–water partition coefficient (Wildman–Crippen LogP) is 0.386. The molecule has 0 spiro atoms. The second kappa shape index (κ2) is 7.52. The number of amides is 1. The van der Waals surface area contributed by atoms with Crippen LogP contribution in [0.1, 0.15) is 25.3 Å². The molecule has 3 rings (SSSR count). The van der Waals surface area contributed by atoms with Crippen LogP contribution in [0, 0.1) is 5.92 Å². The van der Waals surface area contributed by atoms with Gasteiger partial charge in [0.25, 0.3) is 0 Å². The second-order valence-electron chi connectivity index (χ2n) is 7.44. The first-order valence-corrected chi connectivity index (χ1v) is 12.6. The number of carbonyl (C=O) groups is 1. The molecule has 0 radical (unpaired) electrons. The molecule has 2 N–H and O–H groups in total. The Morgan fingerprint density at radius 1 is 1.15 bits per heavy atom. The molecule has 2 aliphatic rings. The zero-order valence-corrected chi connectivity index (χ0v) is 17.0. The lowest BCUT2D eigenvalue weighted by molar-refractivity contribution is -0.123. The molecule has 2 atom stereocenters. The minimum Gasteiger partial charge on any atom is -0.369 e. The molecule has 0 aliphatic carbocycles. The number of aryl methyl sites for hydroxylation is 1. The Morgan fingerprint density at radius 2 is 1.74 bits per heavy atom. The minimum atomic E-state index is -3.78. The molecule has 2 fully saturated rings. The summed E-state index contributed by atoms with van der Waals surface area (Å²) < 4.78 is 50.9. The van der Waals surface area contributed by atoms with Gasteiger partial charge in [-0.25, -0.2) is 16.8 Å². The first-order chi connectivity index (χ1) is 12.6. The summed E-state index contributed by atoms with van der Waals surface area (Å²) >= 11 is 0. The van der Waals surface area contributed by atoms with Crippen LogP contribution >= 0.6 is 0 Å². The molecule has 2 saturated heterocycles. The molecule has 0 bridgehead atoms. The van der Waals surface area contributed by atoms with Crippen LogP contribution in [0.25, 0.3) is 0 Å². The van der Waals surface area contributed by atoms with Crippen molar-refractivity contribution in [2.45, 2.75) is 42.4 Å². The molecule has 9 heteroatoms. The maximum Gasteiger partial charge on any atom is 0.220 e. The van der Waals surface area contributed by atoms with Crippen LogP contribution in [0.3, 0.4) is 0 Å². The van der Waals surface area contributed by atoms with Crippen LogP contribution in [-0.2, 0) is 30.9 Å². The first kappa shape index (κ1) is 20.3. The van der Waals surface area contributed by atoms with E-state index in [0.29, 0.717) is 25.9 Å². The van der Waals surface area contributed by atoms with Crippen molar-refractivity contribution in [1.82, 2.24) is 4.90 Å². The lowest BCUT2D eigenvalue weighted by Gasteiger charge is -2.36. The van der Waals surface area contributed by atoms with E-state index in [1.165, 1.54) is 0 Å². The summed E-state index contributed by atoms with van der Waals surface area (Å²) in [6, 6.07) is 6.08. The van der Waals surface area contributed by atoms with Gasteiger partial charge in [0.15, 0.2) is 19.7 Å². The van der Waals surface area contributed by atoms with Crippen LogP contribution in [-0.4, -0.2) is 63.5 Å². The Bertz CT molecular complexity index is 902. The Kier molecular flexibility index (Phi) is 5.65. The monoisotopic (exact) mass is 414 g/mol. The van der Waals surface area contributed by atoms with Gasteiger partial charge in [-0.1, -0.05) is 19.1 Å². The van der Waals surface area contributed by atoms with Crippen molar-refractivity contribution < 1.29 is 21.6 Å². The van der Waals surface area contributed by atoms with Gasteiger partial charge in [0, 0.05) is 12.0 Å². The molecule has 7 nitrogen and oxygen atoms in total. The average molecular weight is 415 g/mol. The fourth-order valence-corrected chi connectivity index (χ4v) is 8.87. The SMILES string of the molecule is CCc1ccc(S(=O)(=O)C2CS(=O)(=O)CC2N2CCC(C(N)=O)CC2)cc1. The minimum absolute atomic E-state index is 0.162. The molecular weight excluding hydrogens is 388 g/mol. The van der Waals surface area contributed by atoms with E-state index in [4.69, 9.17) is 5.73 Å². The summed E-state index contributed by atoms with van der Waals surface area (Å²) in [6.07, 6.45) is 1.86. The van der Waals surface area contributed by atoms with Crippen molar-refractivity contribution in [3.63, 3.8) is 0 Å². The van der Waals surface area contributed by atoms with Gasteiger partial charge in [-0.05, 0) is 50.0 Å². The third-order valence-corrected chi connectivity index (χ3v) is 9.87. The number of carbonyl (C=O) groups excluding carboxylic acids is 1. The third kappa shape index (κ3) is 4.20. The first-order valence-electron chi connectivity index (χ1n) is 9.20. The van der Waals surface area contributed by atoms with Crippen LogP contribution in [0.5, 0.6) is 0 Å². The smallest absolute Gasteiger partial charge is 0.220 e. The predicted molar refractivity (Wildman–Crippen MR) is 103 cm³/mol. The summed E-state index contributed by atoms with van der Waals surface area (Å²) in [4.78, 5) is 13.4.